The third-order valence-electron chi connectivity index (χ3n) is 4.25. The SMILES string of the molecule is COC1(C(O)c2sccc2Br)CCC(C)(C)CC1. The Morgan fingerprint density at radius 2 is 1.94 bits per heavy atom. The van der Waals surface area contributed by atoms with Crippen molar-refractivity contribution < 1.29 is 9.84 Å². The molecule has 2 nitrogen and oxygen atoms in total. The minimum absolute atomic E-state index is 0.369. The quantitative estimate of drug-likeness (QED) is 0.881. The third-order valence-corrected chi connectivity index (χ3v) is 6.17. The van der Waals surface area contributed by atoms with E-state index in [2.05, 4.69) is 29.8 Å². The Balaban J connectivity index is 2.21. The Hall–Kier alpha value is 0.100. The number of hydrogen-bond donors (Lipinski definition) is 1. The van der Waals surface area contributed by atoms with E-state index >= 15 is 0 Å². The molecule has 1 aromatic rings. The van der Waals surface area contributed by atoms with Crippen LogP contribution in [0.2, 0.25) is 0 Å². The van der Waals surface area contributed by atoms with E-state index in [0.29, 0.717) is 5.41 Å². The van der Waals surface area contributed by atoms with Crippen LogP contribution in [0.4, 0.5) is 0 Å². The maximum atomic E-state index is 10.7. The van der Waals surface area contributed by atoms with Gasteiger partial charge in [0.1, 0.15) is 6.10 Å². The maximum absolute atomic E-state index is 10.7. The van der Waals surface area contributed by atoms with Gasteiger partial charge < -0.3 is 9.84 Å². The van der Waals surface area contributed by atoms with E-state index < -0.39 is 11.7 Å². The summed E-state index contributed by atoms with van der Waals surface area (Å²) in [5, 5.41) is 12.7. The summed E-state index contributed by atoms with van der Waals surface area (Å²) >= 11 is 5.09. The third kappa shape index (κ3) is 2.67. The average Bonchev–Trinajstić information content (AvgIpc) is 2.75. The molecular formula is C14H21BrO2S. The first-order valence-electron chi connectivity index (χ1n) is 6.36. The number of halogens is 1. The smallest absolute Gasteiger partial charge is 0.118 e. The fraction of sp³-hybridized carbons (Fsp3) is 0.714. The van der Waals surface area contributed by atoms with Gasteiger partial charge in [0.05, 0.1) is 10.5 Å². The van der Waals surface area contributed by atoms with Crippen LogP contribution in [-0.2, 0) is 4.74 Å². The molecule has 1 atom stereocenters. The summed E-state index contributed by atoms with van der Waals surface area (Å²) in [7, 11) is 1.73. The van der Waals surface area contributed by atoms with E-state index in [-0.39, 0.29) is 0 Å². The number of methoxy groups -OCH3 is 1. The van der Waals surface area contributed by atoms with Crippen LogP contribution in [-0.4, -0.2) is 17.8 Å². The summed E-state index contributed by atoms with van der Waals surface area (Å²) < 4.78 is 6.74. The summed E-state index contributed by atoms with van der Waals surface area (Å²) in [6.45, 7) is 4.58. The highest BCUT2D eigenvalue weighted by atomic mass is 79.9. The van der Waals surface area contributed by atoms with Crippen molar-refractivity contribution in [2.75, 3.05) is 7.11 Å². The van der Waals surface area contributed by atoms with Crippen LogP contribution in [0.5, 0.6) is 0 Å². The van der Waals surface area contributed by atoms with Gasteiger partial charge in [-0.1, -0.05) is 13.8 Å². The Morgan fingerprint density at radius 3 is 2.39 bits per heavy atom. The van der Waals surface area contributed by atoms with Gasteiger partial charge in [0, 0.05) is 11.6 Å². The highest BCUT2D eigenvalue weighted by Gasteiger charge is 2.45. The van der Waals surface area contributed by atoms with Crippen molar-refractivity contribution in [3.8, 4) is 0 Å². The van der Waals surface area contributed by atoms with Gasteiger partial charge in [-0.3, -0.25) is 0 Å². The molecule has 0 amide bonds. The number of hydrogen-bond acceptors (Lipinski definition) is 3. The normalized spacial score (nSPS) is 23.8. The largest absolute Gasteiger partial charge is 0.384 e. The van der Waals surface area contributed by atoms with Gasteiger partial charge >= 0.3 is 0 Å². The second kappa shape index (κ2) is 5.23. The molecule has 1 unspecified atom stereocenters. The second-order valence-electron chi connectivity index (χ2n) is 5.97. The lowest BCUT2D eigenvalue weighted by atomic mass is 9.69. The van der Waals surface area contributed by atoms with Gasteiger partial charge in [-0.05, 0) is 58.5 Å². The van der Waals surface area contributed by atoms with E-state index in [4.69, 9.17) is 4.74 Å². The summed E-state index contributed by atoms with van der Waals surface area (Å²) in [6, 6.07) is 1.99. The molecule has 1 fully saturated rings. The molecule has 0 aliphatic heterocycles. The standard InChI is InChI=1S/C14H21BrO2S/c1-13(2)5-7-14(17-3,8-6-13)12(16)11-10(15)4-9-18-11/h4,9,12,16H,5-8H2,1-3H3. The van der Waals surface area contributed by atoms with Gasteiger partial charge in [-0.15, -0.1) is 11.3 Å². The summed E-state index contributed by atoms with van der Waals surface area (Å²) in [4.78, 5) is 0.983. The number of rotatable bonds is 3. The van der Waals surface area contributed by atoms with Crippen LogP contribution in [0.3, 0.4) is 0 Å². The zero-order valence-electron chi connectivity index (χ0n) is 11.2. The van der Waals surface area contributed by atoms with E-state index in [1.165, 1.54) is 0 Å². The Kier molecular flexibility index (Phi) is 4.22. The number of aliphatic hydroxyl groups excluding tert-OH is 1. The van der Waals surface area contributed by atoms with Gasteiger partial charge in [-0.25, -0.2) is 0 Å². The molecule has 1 heterocycles. The number of aliphatic hydroxyl groups is 1. The summed E-state index contributed by atoms with van der Waals surface area (Å²) in [5.74, 6) is 0. The highest BCUT2D eigenvalue weighted by Crippen LogP contribution is 2.49. The second-order valence-corrected chi connectivity index (χ2v) is 7.77. The van der Waals surface area contributed by atoms with Crippen molar-refractivity contribution in [3.05, 3.63) is 20.8 Å². The van der Waals surface area contributed by atoms with Crippen LogP contribution in [0.25, 0.3) is 0 Å². The van der Waals surface area contributed by atoms with Crippen molar-refractivity contribution in [1.29, 1.82) is 0 Å². The molecule has 0 saturated heterocycles. The highest BCUT2D eigenvalue weighted by molar-refractivity contribution is 9.10. The van der Waals surface area contributed by atoms with Gasteiger partial charge in [0.25, 0.3) is 0 Å². The van der Waals surface area contributed by atoms with Crippen molar-refractivity contribution >= 4 is 27.3 Å². The van der Waals surface area contributed by atoms with Crippen molar-refractivity contribution in [2.45, 2.75) is 51.2 Å². The summed E-state index contributed by atoms with van der Waals surface area (Å²) in [5.41, 5.74) is -0.0443. The lowest BCUT2D eigenvalue weighted by molar-refractivity contribution is -0.137. The first kappa shape index (κ1) is 14.5. The number of ether oxygens (including phenoxy) is 1. The van der Waals surface area contributed by atoms with Crippen LogP contribution < -0.4 is 0 Å². The fourth-order valence-electron chi connectivity index (χ4n) is 2.68. The first-order valence-corrected chi connectivity index (χ1v) is 8.04. The summed E-state index contributed by atoms with van der Waals surface area (Å²) in [6.07, 6.45) is 3.50. The van der Waals surface area contributed by atoms with Gasteiger partial charge in [-0.2, -0.15) is 0 Å². The van der Waals surface area contributed by atoms with Crippen LogP contribution in [0.1, 0.15) is 50.5 Å². The minimum Gasteiger partial charge on any atom is -0.384 e. The molecule has 0 aromatic carbocycles. The molecule has 2 rings (SSSR count). The van der Waals surface area contributed by atoms with Crippen LogP contribution in [0.15, 0.2) is 15.9 Å². The molecule has 1 N–H and O–H groups in total. The van der Waals surface area contributed by atoms with Crippen molar-refractivity contribution in [2.24, 2.45) is 5.41 Å². The Labute approximate surface area is 121 Å². The zero-order valence-corrected chi connectivity index (χ0v) is 13.6. The molecule has 1 aliphatic carbocycles. The predicted octanol–water partition coefficient (Wildman–Crippen LogP) is 4.53. The van der Waals surface area contributed by atoms with Gasteiger partial charge in [0.15, 0.2) is 0 Å². The molecule has 0 bridgehead atoms. The molecule has 4 heteroatoms. The topological polar surface area (TPSA) is 29.5 Å². The van der Waals surface area contributed by atoms with Gasteiger partial charge in [0.2, 0.25) is 0 Å². The Bertz CT molecular complexity index is 404. The minimum atomic E-state index is -0.534. The average molecular weight is 333 g/mol. The van der Waals surface area contributed by atoms with E-state index in [1.54, 1.807) is 18.4 Å². The molecule has 1 saturated carbocycles. The molecular weight excluding hydrogens is 312 g/mol. The Morgan fingerprint density at radius 1 is 1.33 bits per heavy atom. The zero-order chi connectivity index (χ0) is 13.4. The predicted molar refractivity (Wildman–Crippen MR) is 79.0 cm³/mol. The van der Waals surface area contributed by atoms with Crippen molar-refractivity contribution in [1.82, 2.24) is 0 Å². The molecule has 0 spiro atoms. The van der Waals surface area contributed by atoms with E-state index in [9.17, 15) is 5.11 Å². The lowest BCUT2D eigenvalue weighted by Crippen LogP contribution is -2.43. The maximum Gasteiger partial charge on any atom is 0.118 e. The van der Waals surface area contributed by atoms with Crippen molar-refractivity contribution in [3.63, 3.8) is 0 Å². The first-order chi connectivity index (χ1) is 8.40. The molecule has 102 valence electrons. The molecule has 1 aromatic heterocycles. The van der Waals surface area contributed by atoms with Crippen LogP contribution in [0, 0.1) is 5.41 Å². The monoisotopic (exact) mass is 332 g/mol. The molecule has 1 aliphatic rings. The molecule has 18 heavy (non-hydrogen) atoms. The fourth-order valence-corrected chi connectivity index (χ4v) is 4.36. The van der Waals surface area contributed by atoms with E-state index in [0.717, 1.165) is 35.0 Å². The number of thiophene rings is 1. The van der Waals surface area contributed by atoms with Crippen LogP contribution >= 0.6 is 27.3 Å². The van der Waals surface area contributed by atoms with E-state index in [1.807, 2.05) is 11.4 Å². The molecule has 0 radical (unpaired) electrons. The lowest BCUT2D eigenvalue weighted by Gasteiger charge is -2.45.